The second-order valence-corrected chi connectivity index (χ2v) is 8.62. The van der Waals surface area contributed by atoms with Crippen molar-refractivity contribution in [3.05, 3.63) is 0 Å². The van der Waals surface area contributed by atoms with Gasteiger partial charge in [0.15, 0.2) is 0 Å². The summed E-state index contributed by atoms with van der Waals surface area (Å²) < 4.78 is 25.1. The summed E-state index contributed by atoms with van der Waals surface area (Å²) in [5.74, 6) is -0.00935. The molecular weight excluding hydrogens is 292 g/mol. The Balaban J connectivity index is 1.75. The van der Waals surface area contributed by atoms with Crippen LogP contribution >= 0.6 is 0 Å². The van der Waals surface area contributed by atoms with Gasteiger partial charge in [-0.25, -0.2) is 17.8 Å². The lowest BCUT2D eigenvalue weighted by Crippen LogP contribution is -2.45. The van der Waals surface area contributed by atoms with E-state index in [0.717, 1.165) is 38.5 Å². The predicted octanol–water partition coefficient (Wildman–Crippen LogP) is 0.992. The summed E-state index contributed by atoms with van der Waals surface area (Å²) >= 11 is 0. The molecule has 0 aromatic rings. The van der Waals surface area contributed by atoms with Crippen molar-refractivity contribution >= 4 is 15.9 Å². The van der Waals surface area contributed by atoms with E-state index in [1.165, 1.54) is 15.6 Å². The molecule has 3 rings (SSSR count). The molecule has 120 valence electrons. The predicted molar refractivity (Wildman–Crippen MR) is 77.7 cm³/mol. The highest BCUT2D eigenvalue weighted by Gasteiger charge is 2.53. The number of hydrogen-bond acceptors (Lipinski definition) is 4. The minimum absolute atomic E-state index is 0.0718. The number of carbonyl (C=O) groups is 1. The highest BCUT2D eigenvalue weighted by molar-refractivity contribution is 7.88. The van der Waals surface area contributed by atoms with Crippen LogP contribution in [0.1, 0.15) is 38.5 Å². The molecular formula is C14H24N2O4S. The molecule has 2 atom stereocenters. The molecule has 0 aromatic heterocycles. The summed E-state index contributed by atoms with van der Waals surface area (Å²) in [6, 6.07) is 0. The van der Waals surface area contributed by atoms with E-state index in [0.29, 0.717) is 26.2 Å². The van der Waals surface area contributed by atoms with Crippen molar-refractivity contribution in [1.82, 2.24) is 9.37 Å². The lowest BCUT2D eigenvalue weighted by molar-refractivity contribution is -0.204. The van der Waals surface area contributed by atoms with Crippen LogP contribution in [-0.2, 0) is 19.7 Å². The molecule has 0 aromatic carbocycles. The average Bonchev–Trinajstić information content (AvgIpc) is 3.07. The lowest BCUT2D eigenvalue weighted by atomic mass is 9.76. The molecule has 1 spiro atoms. The van der Waals surface area contributed by atoms with Gasteiger partial charge >= 0.3 is 0 Å². The van der Waals surface area contributed by atoms with Crippen molar-refractivity contribution in [3.8, 4) is 0 Å². The van der Waals surface area contributed by atoms with Crippen molar-refractivity contribution in [3.63, 3.8) is 0 Å². The van der Waals surface area contributed by atoms with Gasteiger partial charge in [-0.05, 0) is 37.5 Å². The van der Waals surface area contributed by atoms with E-state index < -0.39 is 10.0 Å². The van der Waals surface area contributed by atoms with Crippen molar-refractivity contribution in [2.75, 3.05) is 32.5 Å². The fraction of sp³-hybridized carbons (Fsp3) is 0.929. The van der Waals surface area contributed by atoms with Crippen LogP contribution in [0.15, 0.2) is 0 Å². The first-order valence-corrected chi connectivity index (χ1v) is 9.67. The Morgan fingerprint density at radius 1 is 1.19 bits per heavy atom. The van der Waals surface area contributed by atoms with E-state index in [2.05, 4.69) is 0 Å². The molecule has 0 unspecified atom stereocenters. The fourth-order valence-electron chi connectivity index (χ4n) is 4.10. The van der Waals surface area contributed by atoms with E-state index in [1.54, 1.807) is 0 Å². The van der Waals surface area contributed by atoms with Gasteiger partial charge in [-0.1, -0.05) is 6.42 Å². The van der Waals surface area contributed by atoms with Gasteiger partial charge < -0.3 is 0 Å². The molecule has 0 N–H and O–H groups in total. The van der Waals surface area contributed by atoms with E-state index in [1.807, 2.05) is 0 Å². The molecule has 7 heteroatoms. The second-order valence-electron chi connectivity index (χ2n) is 6.63. The van der Waals surface area contributed by atoms with Crippen LogP contribution in [0.25, 0.3) is 0 Å². The van der Waals surface area contributed by atoms with E-state index in [4.69, 9.17) is 4.84 Å². The number of hydrogen-bond donors (Lipinski definition) is 0. The average molecular weight is 316 g/mol. The van der Waals surface area contributed by atoms with E-state index in [-0.39, 0.29) is 17.2 Å². The molecule has 6 nitrogen and oxygen atoms in total. The monoisotopic (exact) mass is 316 g/mol. The highest BCUT2D eigenvalue weighted by Crippen LogP contribution is 2.50. The number of hydroxylamine groups is 2. The summed E-state index contributed by atoms with van der Waals surface area (Å²) in [5, 5.41) is 1.53. The maximum absolute atomic E-state index is 12.8. The van der Waals surface area contributed by atoms with Gasteiger partial charge in [-0.3, -0.25) is 9.63 Å². The Bertz CT molecular complexity index is 515. The molecule has 0 bridgehead atoms. The van der Waals surface area contributed by atoms with E-state index in [9.17, 15) is 13.2 Å². The van der Waals surface area contributed by atoms with Gasteiger partial charge in [0.2, 0.25) is 15.9 Å². The molecule has 1 amide bonds. The number of sulfonamides is 1. The van der Waals surface area contributed by atoms with Gasteiger partial charge in [-0.15, -0.1) is 0 Å². The molecule has 1 aliphatic carbocycles. The lowest BCUT2D eigenvalue weighted by Gasteiger charge is -2.35. The van der Waals surface area contributed by atoms with Gasteiger partial charge in [-0.2, -0.15) is 0 Å². The molecule has 2 saturated heterocycles. The Morgan fingerprint density at radius 2 is 2.00 bits per heavy atom. The third kappa shape index (κ3) is 2.83. The maximum atomic E-state index is 12.8. The fourth-order valence-corrected chi connectivity index (χ4v) is 5.01. The molecule has 1 saturated carbocycles. The Labute approximate surface area is 126 Å². The molecule has 2 aliphatic heterocycles. The van der Waals surface area contributed by atoms with Crippen molar-refractivity contribution in [1.29, 1.82) is 0 Å². The largest absolute Gasteiger partial charge is 0.272 e. The SMILES string of the molecule is CS(=O)(=O)N1CC[C@@]2(CCC[C@H]2C(=O)N2CCCCO2)C1. The van der Waals surface area contributed by atoms with Crippen molar-refractivity contribution < 1.29 is 18.0 Å². The van der Waals surface area contributed by atoms with Crippen LogP contribution in [-0.4, -0.2) is 56.2 Å². The van der Waals surface area contributed by atoms with Crippen LogP contribution in [0, 0.1) is 11.3 Å². The molecule has 2 heterocycles. The number of rotatable bonds is 2. The van der Waals surface area contributed by atoms with Gasteiger partial charge in [0.25, 0.3) is 0 Å². The van der Waals surface area contributed by atoms with Crippen LogP contribution in [0.3, 0.4) is 0 Å². The normalized spacial score (nSPS) is 34.7. The summed E-state index contributed by atoms with van der Waals surface area (Å²) in [6.07, 6.45) is 6.85. The summed E-state index contributed by atoms with van der Waals surface area (Å²) in [5.41, 5.74) is -0.166. The highest BCUT2D eigenvalue weighted by atomic mass is 32.2. The first kappa shape index (κ1) is 15.2. The Morgan fingerprint density at radius 3 is 2.62 bits per heavy atom. The molecule has 3 fully saturated rings. The summed E-state index contributed by atoms with van der Waals surface area (Å²) in [6.45, 7) is 2.32. The van der Waals surface area contributed by atoms with Gasteiger partial charge in [0.05, 0.1) is 12.9 Å². The smallest absolute Gasteiger partial charge is 0.249 e. The third-order valence-electron chi connectivity index (χ3n) is 5.27. The first-order valence-electron chi connectivity index (χ1n) is 7.82. The molecule has 3 aliphatic rings. The zero-order valence-corrected chi connectivity index (χ0v) is 13.4. The standard InChI is InChI=1S/C14H24N2O4S/c1-21(18,19)15-9-7-14(11-15)6-4-5-12(14)13(17)16-8-2-3-10-20-16/h12H,2-11H2,1H3/t12-,14-/m0/s1. The van der Waals surface area contributed by atoms with E-state index >= 15 is 0 Å². The molecule has 21 heavy (non-hydrogen) atoms. The molecule has 0 radical (unpaired) electrons. The first-order chi connectivity index (χ1) is 9.92. The van der Waals surface area contributed by atoms with Crippen molar-refractivity contribution in [2.24, 2.45) is 11.3 Å². The second kappa shape index (κ2) is 5.52. The summed E-state index contributed by atoms with van der Waals surface area (Å²) in [7, 11) is -3.16. The van der Waals surface area contributed by atoms with Crippen LogP contribution in [0.4, 0.5) is 0 Å². The number of amides is 1. The zero-order valence-electron chi connectivity index (χ0n) is 12.6. The summed E-state index contributed by atoms with van der Waals surface area (Å²) in [4.78, 5) is 18.3. The Kier molecular flexibility index (Phi) is 4.00. The topological polar surface area (TPSA) is 66.9 Å². The Hall–Kier alpha value is -0.660. The zero-order chi connectivity index (χ0) is 15.1. The number of carbonyl (C=O) groups excluding carboxylic acids is 1. The van der Waals surface area contributed by atoms with Gasteiger partial charge in [0, 0.05) is 25.6 Å². The van der Waals surface area contributed by atoms with Crippen LogP contribution in [0.5, 0.6) is 0 Å². The maximum Gasteiger partial charge on any atom is 0.249 e. The third-order valence-corrected chi connectivity index (χ3v) is 6.52. The number of nitrogens with zero attached hydrogens (tertiary/aromatic N) is 2. The quantitative estimate of drug-likeness (QED) is 0.762. The van der Waals surface area contributed by atoms with Crippen molar-refractivity contribution in [2.45, 2.75) is 38.5 Å². The minimum atomic E-state index is -3.16. The van der Waals surface area contributed by atoms with Crippen LogP contribution in [0.2, 0.25) is 0 Å². The minimum Gasteiger partial charge on any atom is -0.272 e. The van der Waals surface area contributed by atoms with Gasteiger partial charge in [0.1, 0.15) is 0 Å². The van der Waals surface area contributed by atoms with Crippen LogP contribution < -0.4 is 0 Å².